The van der Waals surface area contributed by atoms with E-state index in [1.54, 1.807) is 18.2 Å². The molecular formula is C31H29ClN6O8. The fourth-order valence-corrected chi connectivity index (χ4v) is 6.25. The number of halogens is 1. The summed E-state index contributed by atoms with van der Waals surface area (Å²) in [6.07, 6.45) is 0.464. The number of carbonyl (C=O) groups is 2. The highest BCUT2D eigenvalue weighted by molar-refractivity contribution is 6.20. The van der Waals surface area contributed by atoms with Crippen LogP contribution in [0.4, 0.5) is 22.0 Å². The lowest BCUT2D eigenvalue weighted by Gasteiger charge is -2.18. The van der Waals surface area contributed by atoms with E-state index in [2.05, 4.69) is 15.4 Å². The standard InChI is InChI=1S/C31H29ClN6O8/c1-36-30(38(41)42)17(12-33-36)14-46-31(40)35-21-11-23-25(19-8-6-5-7-18(19)21)20(13-37(23)15-32)27(39)22-9-16-10-24(43-2)28(44-3)29(45-4)26(16)34-22/h5-12,20,34H,13-15H2,1-4H3,(H,35,40). The maximum absolute atomic E-state index is 14.2. The van der Waals surface area contributed by atoms with E-state index in [4.69, 9.17) is 30.5 Å². The minimum atomic E-state index is -0.816. The zero-order valence-corrected chi connectivity index (χ0v) is 26.0. The van der Waals surface area contributed by atoms with Gasteiger partial charge < -0.3 is 38.9 Å². The molecule has 5 aromatic rings. The van der Waals surface area contributed by atoms with Crippen molar-refractivity contribution in [2.24, 2.45) is 7.05 Å². The number of aromatic amines is 1. The monoisotopic (exact) mass is 648 g/mol. The van der Waals surface area contributed by atoms with Gasteiger partial charge in [-0.25, -0.2) is 4.79 Å². The Morgan fingerprint density at radius 1 is 1.11 bits per heavy atom. The molecule has 2 N–H and O–H groups in total. The molecule has 15 heteroatoms. The molecule has 3 heterocycles. The summed E-state index contributed by atoms with van der Waals surface area (Å²) in [6, 6.07) is 12.8. The van der Waals surface area contributed by atoms with E-state index in [1.807, 2.05) is 29.2 Å². The Kier molecular flexibility index (Phi) is 8.04. The van der Waals surface area contributed by atoms with Gasteiger partial charge in [0.15, 0.2) is 17.3 Å². The number of ether oxygens (including phenoxy) is 4. The van der Waals surface area contributed by atoms with Crippen molar-refractivity contribution in [1.29, 1.82) is 0 Å². The molecule has 14 nitrogen and oxygen atoms in total. The van der Waals surface area contributed by atoms with Gasteiger partial charge in [0.1, 0.15) is 19.2 Å². The molecule has 46 heavy (non-hydrogen) atoms. The summed E-state index contributed by atoms with van der Waals surface area (Å²) in [7, 11) is 5.99. The molecule has 1 aliphatic heterocycles. The SMILES string of the molecule is COc1cc2cc(C(=O)C3CN(CCl)c4cc(NC(=O)OCc5cnn(C)c5[N+](=O)[O-])c5ccccc5c43)[nH]c2c(OC)c1OC. The fourth-order valence-electron chi connectivity index (χ4n) is 6.02. The predicted octanol–water partition coefficient (Wildman–Crippen LogP) is 5.72. The van der Waals surface area contributed by atoms with E-state index >= 15 is 0 Å². The average Bonchev–Trinajstić information content (AvgIpc) is 3.77. The van der Waals surface area contributed by atoms with Gasteiger partial charge >= 0.3 is 11.9 Å². The van der Waals surface area contributed by atoms with Crippen molar-refractivity contribution in [3.8, 4) is 17.2 Å². The molecule has 0 radical (unpaired) electrons. The number of amides is 1. The molecule has 0 saturated carbocycles. The predicted molar refractivity (Wildman–Crippen MR) is 171 cm³/mol. The van der Waals surface area contributed by atoms with Crippen molar-refractivity contribution >= 4 is 62.3 Å². The van der Waals surface area contributed by atoms with Gasteiger partial charge in [-0.2, -0.15) is 0 Å². The molecule has 0 aliphatic carbocycles. The zero-order valence-electron chi connectivity index (χ0n) is 25.3. The smallest absolute Gasteiger partial charge is 0.411 e. The van der Waals surface area contributed by atoms with Crippen LogP contribution in [0.3, 0.4) is 0 Å². The quantitative estimate of drug-likeness (QED) is 0.0629. The Morgan fingerprint density at radius 3 is 2.52 bits per heavy atom. The third-order valence-electron chi connectivity index (χ3n) is 8.05. The molecular weight excluding hydrogens is 620 g/mol. The molecule has 238 valence electrons. The number of anilines is 2. The first-order chi connectivity index (χ1) is 22.2. The van der Waals surface area contributed by atoms with Gasteiger partial charge in [0.25, 0.3) is 0 Å². The molecule has 0 bridgehead atoms. The number of carbonyl (C=O) groups excluding carboxylic acids is 2. The summed E-state index contributed by atoms with van der Waals surface area (Å²) in [6.45, 7) is -0.0460. The van der Waals surface area contributed by atoms with Crippen LogP contribution in [0.5, 0.6) is 17.2 Å². The van der Waals surface area contributed by atoms with Gasteiger partial charge in [0.2, 0.25) is 5.75 Å². The summed E-state index contributed by atoms with van der Waals surface area (Å²) in [5.41, 5.74) is 3.00. The molecule has 6 rings (SSSR count). The summed E-state index contributed by atoms with van der Waals surface area (Å²) < 4.78 is 23.0. The van der Waals surface area contributed by atoms with E-state index in [-0.39, 0.29) is 29.8 Å². The number of nitrogens with one attached hydrogen (secondary N) is 2. The van der Waals surface area contributed by atoms with Crippen LogP contribution in [0.1, 0.15) is 27.5 Å². The van der Waals surface area contributed by atoms with Crippen molar-refractivity contribution in [2.75, 3.05) is 44.1 Å². The van der Waals surface area contributed by atoms with Crippen LogP contribution in [0, 0.1) is 10.1 Å². The molecule has 0 saturated heterocycles. The number of hydrogen-bond donors (Lipinski definition) is 2. The van der Waals surface area contributed by atoms with E-state index in [1.165, 1.54) is 34.6 Å². The van der Waals surface area contributed by atoms with Crippen molar-refractivity contribution in [3.63, 3.8) is 0 Å². The fraction of sp³-hybridized carbons (Fsp3) is 0.258. The molecule has 0 spiro atoms. The number of fused-ring (bicyclic) bond motifs is 4. The lowest BCUT2D eigenvalue weighted by atomic mass is 9.90. The maximum Gasteiger partial charge on any atom is 0.411 e. The van der Waals surface area contributed by atoms with E-state index in [0.29, 0.717) is 57.2 Å². The normalized spacial score (nSPS) is 13.9. The molecule has 1 unspecified atom stereocenters. The molecule has 3 aromatic carbocycles. The Labute approximate surface area is 266 Å². The summed E-state index contributed by atoms with van der Waals surface area (Å²) >= 11 is 6.38. The van der Waals surface area contributed by atoms with E-state index in [9.17, 15) is 19.7 Å². The van der Waals surface area contributed by atoms with Crippen LogP contribution < -0.4 is 24.4 Å². The minimum absolute atomic E-state index is 0.0958. The summed E-state index contributed by atoms with van der Waals surface area (Å²) in [4.78, 5) is 43.0. The number of H-pyrrole nitrogens is 1. The largest absolute Gasteiger partial charge is 0.493 e. The third-order valence-corrected chi connectivity index (χ3v) is 8.34. The molecule has 2 aromatic heterocycles. The molecule has 1 atom stereocenters. The summed E-state index contributed by atoms with van der Waals surface area (Å²) in [5.74, 6) is 0.267. The van der Waals surface area contributed by atoms with Crippen LogP contribution in [0.25, 0.3) is 21.7 Å². The first kappa shape index (κ1) is 30.5. The van der Waals surface area contributed by atoms with Gasteiger partial charge in [-0.1, -0.05) is 29.4 Å². The van der Waals surface area contributed by atoms with Crippen LogP contribution in [-0.2, 0) is 18.4 Å². The van der Waals surface area contributed by atoms with Gasteiger partial charge in [-0.15, -0.1) is 16.3 Å². The number of rotatable bonds is 10. The van der Waals surface area contributed by atoms with Gasteiger partial charge in [0.05, 0.1) is 56.3 Å². The van der Waals surface area contributed by atoms with Crippen LogP contribution in [0.15, 0.2) is 48.7 Å². The number of nitro groups is 1. The second-order valence-corrected chi connectivity index (χ2v) is 10.8. The lowest BCUT2D eigenvalue weighted by molar-refractivity contribution is -0.393. The lowest BCUT2D eigenvalue weighted by Crippen LogP contribution is -2.23. The highest BCUT2D eigenvalue weighted by atomic mass is 35.5. The average molecular weight is 649 g/mol. The van der Waals surface area contributed by atoms with E-state index < -0.39 is 16.9 Å². The molecule has 1 amide bonds. The second-order valence-electron chi connectivity index (χ2n) is 10.5. The number of ketones is 1. The zero-order chi connectivity index (χ0) is 32.7. The van der Waals surface area contributed by atoms with Crippen molar-refractivity contribution in [1.82, 2.24) is 14.8 Å². The second kappa shape index (κ2) is 12.1. The van der Waals surface area contributed by atoms with E-state index in [0.717, 1.165) is 15.6 Å². The Balaban J connectivity index is 1.35. The number of hydrogen-bond acceptors (Lipinski definition) is 10. The number of aryl methyl sites for hydroxylation is 1. The van der Waals surface area contributed by atoms with Crippen LogP contribution in [0.2, 0.25) is 0 Å². The van der Waals surface area contributed by atoms with Crippen molar-refractivity contribution < 1.29 is 33.5 Å². The summed E-state index contributed by atoms with van der Waals surface area (Å²) in [5, 5.41) is 20.1. The number of benzene rings is 3. The van der Waals surface area contributed by atoms with Gasteiger partial charge in [-0.3, -0.25) is 10.1 Å². The topological polar surface area (TPSA) is 163 Å². The first-order valence-electron chi connectivity index (χ1n) is 14.0. The van der Waals surface area contributed by atoms with Gasteiger partial charge in [-0.05, 0) is 34.1 Å². The van der Waals surface area contributed by atoms with Crippen molar-refractivity contribution in [2.45, 2.75) is 12.5 Å². The first-order valence-corrected chi connectivity index (χ1v) is 14.6. The highest BCUT2D eigenvalue weighted by Crippen LogP contribution is 2.47. The highest BCUT2D eigenvalue weighted by Gasteiger charge is 2.37. The number of Topliss-reactive ketones (excluding diaryl/α,β-unsaturated/α-hetero) is 1. The van der Waals surface area contributed by atoms with Gasteiger partial charge in [0, 0.05) is 23.0 Å². The Bertz CT molecular complexity index is 2020. The van der Waals surface area contributed by atoms with Crippen LogP contribution in [-0.4, -0.2) is 65.4 Å². The van der Waals surface area contributed by atoms with Crippen LogP contribution >= 0.6 is 11.6 Å². The number of methoxy groups -OCH3 is 3. The Morgan fingerprint density at radius 2 is 1.85 bits per heavy atom. The molecule has 1 aliphatic rings. The minimum Gasteiger partial charge on any atom is -0.493 e. The Hall–Kier alpha value is -5.50. The number of alkyl halides is 1. The number of nitrogens with zero attached hydrogens (tertiary/aromatic N) is 4. The maximum atomic E-state index is 14.2. The van der Waals surface area contributed by atoms with Crippen molar-refractivity contribution in [3.05, 3.63) is 75.6 Å². The molecule has 0 fully saturated rings. The number of aromatic nitrogens is 3. The third kappa shape index (κ3) is 5.05.